The molecule has 0 fully saturated rings. The predicted octanol–water partition coefficient (Wildman–Crippen LogP) is 1.76. The first kappa shape index (κ1) is 20.9. The van der Waals surface area contributed by atoms with Gasteiger partial charge in [0.15, 0.2) is 11.5 Å². The van der Waals surface area contributed by atoms with E-state index in [1.807, 2.05) is 0 Å². The molecule has 0 radical (unpaired) electrons. The zero-order valence-electron chi connectivity index (χ0n) is 17.1. The number of hydrogen-bond acceptors (Lipinski definition) is 9. The minimum absolute atomic E-state index is 0.0704. The predicted molar refractivity (Wildman–Crippen MR) is 104 cm³/mol. The second-order valence-electron chi connectivity index (χ2n) is 6.29. The minimum Gasteiger partial charge on any atom is -0.493 e. The summed E-state index contributed by atoms with van der Waals surface area (Å²) in [5.41, 5.74) is 7.76. The fourth-order valence-corrected chi connectivity index (χ4v) is 3.40. The first-order valence-electron chi connectivity index (χ1n) is 9.09. The lowest BCUT2D eigenvalue weighted by atomic mass is 9.83. The Morgan fingerprint density at radius 1 is 1.27 bits per heavy atom. The van der Waals surface area contributed by atoms with E-state index < -0.39 is 11.9 Å². The van der Waals surface area contributed by atoms with Crippen LogP contribution in [-0.2, 0) is 16.0 Å². The van der Waals surface area contributed by atoms with Gasteiger partial charge in [0.1, 0.15) is 11.6 Å². The fourth-order valence-electron chi connectivity index (χ4n) is 3.40. The molecule has 1 aliphatic heterocycles. The van der Waals surface area contributed by atoms with Crippen LogP contribution in [-0.4, -0.2) is 44.1 Å². The number of carbonyl (C=O) groups is 1. The monoisotopic (exact) mass is 414 g/mol. The van der Waals surface area contributed by atoms with Crippen molar-refractivity contribution in [2.75, 3.05) is 27.9 Å². The highest BCUT2D eigenvalue weighted by molar-refractivity contribution is 5.73. The van der Waals surface area contributed by atoms with E-state index in [9.17, 15) is 10.1 Å². The molecule has 0 saturated heterocycles. The molecule has 30 heavy (non-hydrogen) atoms. The second-order valence-corrected chi connectivity index (χ2v) is 6.29. The number of allylic oxidation sites excluding steroid dienone is 1. The summed E-state index contributed by atoms with van der Waals surface area (Å²) in [5, 5.41) is 16.7. The van der Waals surface area contributed by atoms with Gasteiger partial charge in [0.05, 0.1) is 51.5 Å². The smallest absolute Gasteiger partial charge is 0.311 e. The number of benzene rings is 1. The van der Waals surface area contributed by atoms with E-state index >= 15 is 0 Å². The molecule has 0 spiro atoms. The quantitative estimate of drug-likeness (QED) is 0.648. The summed E-state index contributed by atoms with van der Waals surface area (Å²) in [7, 11) is 4.49. The molecule has 3 rings (SSSR count). The molecule has 3 N–H and O–H groups in total. The lowest BCUT2D eigenvalue weighted by Crippen LogP contribution is -2.22. The Morgan fingerprint density at radius 3 is 2.47 bits per heavy atom. The van der Waals surface area contributed by atoms with Crippen molar-refractivity contribution in [1.29, 1.82) is 5.26 Å². The number of aromatic nitrogens is 2. The number of nitrogens with one attached hydrogen (secondary N) is 1. The van der Waals surface area contributed by atoms with Crippen molar-refractivity contribution >= 4 is 5.97 Å². The van der Waals surface area contributed by atoms with Crippen LogP contribution >= 0.6 is 0 Å². The number of hydrogen-bond donors (Lipinski definition) is 2. The number of fused-ring (bicyclic) bond motifs is 1. The van der Waals surface area contributed by atoms with Gasteiger partial charge in [-0.3, -0.25) is 9.89 Å². The Balaban J connectivity index is 2.20. The zero-order valence-corrected chi connectivity index (χ0v) is 17.1. The molecule has 10 nitrogen and oxygen atoms in total. The summed E-state index contributed by atoms with van der Waals surface area (Å²) in [4.78, 5) is 12.1. The van der Waals surface area contributed by atoms with Crippen LogP contribution in [0.15, 0.2) is 23.6 Å². The van der Waals surface area contributed by atoms with Crippen molar-refractivity contribution in [3.63, 3.8) is 0 Å². The molecule has 10 heteroatoms. The fraction of sp³-hybridized carbons (Fsp3) is 0.350. The Bertz CT molecular complexity index is 1010. The van der Waals surface area contributed by atoms with Crippen LogP contribution < -0.4 is 24.7 Å². The number of nitrogens with two attached hydrogens (primary N) is 1. The molecule has 2 heterocycles. The molecule has 0 bridgehead atoms. The Hall–Kier alpha value is -3.87. The molecule has 1 aromatic heterocycles. The molecule has 1 aliphatic rings. The van der Waals surface area contributed by atoms with Crippen molar-refractivity contribution in [1.82, 2.24) is 10.2 Å². The Kier molecular flexibility index (Phi) is 6.01. The van der Waals surface area contributed by atoms with Gasteiger partial charge in [0.25, 0.3) is 0 Å². The number of ether oxygens (including phenoxy) is 5. The average Bonchev–Trinajstić information content (AvgIpc) is 3.13. The van der Waals surface area contributed by atoms with Crippen LogP contribution in [0.2, 0.25) is 0 Å². The van der Waals surface area contributed by atoms with E-state index in [-0.39, 0.29) is 30.4 Å². The first-order chi connectivity index (χ1) is 14.5. The molecule has 2 aromatic rings. The zero-order chi connectivity index (χ0) is 21.8. The van der Waals surface area contributed by atoms with Gasteiger partial charge in [-0.15, -0.1) is 5.10 Å². The number of H-pyrrole nitrogens is 1. The minimum atomic E-state index is -0.671. The van der Waals surface area contributed by atoms with Crippen LogP contribution in [0.25, 0.3) is 0 Å². The standard InChI is InChI=1S/C20H22N4O6/c1-5-29-15(25)8-12-17-16(11(9-21)19(22)30-20(17)24-23-12)10-6-13(26-2)18(28-4)14(7-10)27-3/h6-7,16H,5,8,22H2,1-4H3,(H,23,24). The molecular formula is C20H22N4O6. The van der Waals surface area contributed by atoms with E-state index in [1.165, 1.54) is 21.3 Å². The van der Waals surface area contributed by atoms with Gasteiger partial charge in [0, 0.05) is 0 Å². The van der Waals surface area contributed by atoms with Gasteiger partial charge >= 0.3 is 5.97 Å². The van der Waals surface area contributed by atoms with Crippen LogP contribution in [0.3, 0.4) is 0 Å². The highest BCUT2D eigenvalue weighted by Gasteiger charge is 2.36. The number of nitrogens with zero attached hydrogens (tertiary/aromatic N) is 2. The number of aromatic amines is 1. The van der Waals surface area contributed by atoms with E-state index in [0.29, 0.717) is 34.1 Å². The summed E-state index contributed by atoms with van der Waals surface area (Å²) in [6.45, 7) is 1.97. The average molecular weight is 414 g/mol. The molecule has 1 atom stereocenters. The van der Waals surface area contributed by atoms with E-state index in [4.69, 9.17) is 29.4 Å². The van der Waals surface area contributed by atoms with Crippen LogP contribution in [0.5, 0.6) is 23.1 Å². The topological polar surface area (TPSA) is 142 Å². The molecule has 1 unspecified atom stereocenters. The van der Waals surface area contributed by atoms with Gasteiger partial charge in [-0.25, -0.2) is 0 Å². The van der Waals surface area contributed by atoms with Crippen molar-refractivity contribution in [2.45, 2.75) is 19.3 Å². The number of nitriles is 1. The maximum absolute atomic E-state index is 12.1. The normalized spacial score (nSPS) is 15.0. The summed E-state index contributed by atoms with van der Waals surface area (Å²) in [6.07, 6.45) is -0.0704. The van der Waals surface area contributed by atoms with Gasteiger partial charge in [-0.1, -0.05) is 0 Å². The number of rotatable bonds is 7. The maximum atomic E-state index is 12.1. The number of methoxy groups -OCH3 is 3. The molecule has 0 amide bonds. The highest BCUT2D eigenvalue weighted by atomic mass is 16.5. The van der Waals surface area contributed by atoms with Crippen LogP contribution in [0.1, 0.15) is 29.7 Å². The van der Waals surface area contributed by atoms with Crippen molar-refractivity contribution in [2.24, 2.45) is 5.73 Å². The lowest BCUT2D eigenvalue weighted by Gasteiger charge is -2.25. The van der Waals surface area contributed by atoms with Crippen LogP contribution in [0, 0.1) is 11.3 Å². The largest absolute Gasteiger partial charge is 0.493 e. The second kappa shape index (κ2) is 8.65. The van der Waals surface area contributed by atoms with Gasteiger partial charge in [-0.2, -0.15) is 5.26 Å². The molecular weight excluding hydrogens is 392 g/mol. The third-order valence-electron chi connectivity index (χ3n) is 4.66. The van der Waals surface area contributed by atoms with E-state index in [2.05, 4.69) is 16.3 Å². The van der Waals surface area contributed by atoms with Crippen molar-refractivity contribution in [3.8, 4) is 29.2 Å². The summed E-state index contributed by atoms with van der Waals surface area (Å²) < 4.78 is 26.8. The van der Waals surface area contributed by atoms with Crippen molar-refractivity contribution in [3.05, 3.63) is 40.4 Å². The molecule has 0 saturated carbocycles. The van der Waals surface area contributed by atoms with Gasteiger partial charge < -0.3 is 29.4 Å². The summed E-state index contributed by atoms with van der Waals surface area (Å²) in [6, 6.07) is 5.53. The summed E-state index contributed by atoms with van der Waals surface area (Å²) >= 11 is 0. The molecule has 158 valence electrons. The van der Waals surface area contributed by atoms with E-state index in [0.717, 1.165) is 0 Å². The summed E-state index contributed by atoms with van der Waals surface area (Å²) in [5.74, 6) is 0.231. The van der Waals surface area contributed by atoms with Crippen LogP contribution in [0.4, 0.5) is 0 Å². The van der Waals surface area contributed by atoms with Gasteiger partial charge in [-0.05, 0) is 24.6 Å². The van der Waals surface area contributed by atoms with Gasteiger partial charge in [0.2, 0.25) is 17.5 Å². The SMILES string of the molecule is CCOC(=O)Cc1[nH]nc2c1C(c1cc(OC)c(OC)c(OC)c1)C(C#N)=C(N)O2. The number of esters is 1. The highest BCUT2D eigenvalue weighted by Crippen LogP contribution is 2.47. The third kappa shape index (κ3) is 3.57. The van der Waals surface area contributed by atoms with Crippen molar-refractivity contribution < 1.29 is 28.5 Å². The number of carbonyl (C=O) groups excluding carboxylic acids is 1. The lowest BCUT2D eigenvalue weighted by molar-refractivity contribution is -0.142. The maximum Gasteiger partial charge on any atom is 0.311 e. The Labute approximate surface area is 173 Å². The molecule has 0 aliphatic carbocycles. The third-order valence-corrected chi connectivity index (χ3v) is 4.66. The first-order valence-corrected chi connectivity index (χ1v) is 9.09. The molecule has 1 aromatic carbocycles. The Morgan fingerprint density at radius 2 is 1.93 bits per heavy atom. The van der Waals surface area contributed by atoms with E-state index in [1.54, 1.807) is 19.1 Å².